The number of amides is 1. The molecule has 3 aromatic rings. The Kier molecular flexibility index (Phi) is 4.99. The molecule has 1 saturated heterocycles. The molecule has 2 aromatic heterocycles. The summed E-state index contributed by atoms with van der Waals surface area (Å²) >= 11 is 0. The molecule has 10 heteroatoms. The molecule has 0 saturated carbocycles. The molecule has 0 bridgehead atoms. The fraction of sp³-hybridized carbons (Fsp3) is 0.316. The lowest BCUT2D eigenvalue weighted by Gasteiger charge is -2.33. The predicted molar refractivity (Wildman–Crippen MR) is 99.3 cm³/mol. The third-order valence-corrected chi connectivity index (χ3v) is 4.78. The molecule has 1 fully saturated rings. The van der Waals surface area contributed by atoms with Gasteiger partial charge < -0.3 is 10.2 Å². The fourth-order valence-corrected chi connectivity index (χ4v) is 3.25. The lowest BCUT2D eigenvalue weighted by Crippen LogP contribution is -2.45. The molecule has 0 atom stereocenters. The van der Waals surface area contributed by atoms with Crippen LogP contribution in [-0.4, -0.2) is 45.0 Å². The van der Waals surface area contributed by atoms with Crippen molar-refractivity contribution >= 4 is 22.8 Å². The highest BCUT2D eigenvalue weighted by Crippen LogP contribution is 2.29. The standard InChI is InChI=1S/C19H17F3N6O/c20-19(21,22)16-9-17(25-11-24-16)28-7-5-12(6-8-28)26-18(29)15-10-23-13-3-1-2-4-14(13)27-15/h1-4,9-12H,5-8H2,(H,26,29). The topological polar surface area (TPSA) is 83.9 Å². The van der Waals surface area contributed by atoms with Crippen LogP contribution >= 0.6 is 0 Å². The number of para-hydroxylation sites is 2. The van der Waals surface area contributed by atoms with E-state index in [0.717, 1.165) is 12.4 Å². The maximum atomic E-state index is 12.8. The number of rotatable bonds is 3. The van der Waals surface area contributed by atoms with Crippen molar-refractivity contribution < 1.29 is 18.0 Å². The predicted octanol–water partition coefficient (Wildman–Crippen LogP) is 2.84. The molecule has 1 N–H and O–H groups in total. The van der Waals surface area contributed by atoms with Crippen LogP contribution in [0, 0.1) is 0 Å². The van der Waals surface area contributed by atoms with Crippen molar-refractivity contribution in [3.63, 3.8) is 0 Å². The molecule has 1 aliphatic heterocycles. The highest BCUT2D eigenvalue weighted by atomic mass is 19.4. The number of halogens is 3. The van der Waals surface area contributed by atoms with Gasteiger partial charge in [-0.2, -0.15) is 13.2 Å². The van der Waals surface area contributed by atoms with Gasteiger partial charge in [0.2, 0.25) is 0 Å². The van der Waals surface area contributed by atoms with Crippen molar-refractivity contribution in [2.24, 2.45) is 0 Å². The van der Waals surface area contributed by atoms with E-state index in [9.17, 15) is 18.0 Å². The van der Waals surface area contributed by atoms with Crippen molar-refractivity contribution in [1.29, 1.82) is 0 Å². The van der Waals surface area contributed by atoms with Crippen LogP contribution in [0.3, 0.4) is 0 Å². The number of nitrogens with zero attached hydrogens (tertiary/aromatic N) is 5. The second kappa shape index (κ2) is 7.61. The number of fused-ring (bicyclic) bond motifs is 1. The van der Waals surface area contributed by atoms with Gasteiger partial charge in [0.05, 0.1) is 17.2 Å². The second-order valence-electron chi connectivity index (χ2n) is 6.74. The van der Waals surface area contributed by atoms with E-state index in [-0.39, 0.29) is 23.5 Å². The van der Waals surface area contributed by atoms with Crippen molar-refractivity contribution in [3.05, 3.63) is 54.2 Å². The van der Waals surface area contributed by atoms with E-state index in [0.29, 0.717) is 37.0 Å². The summed E-state index contributed by atoms with van der Waals surface area (Å²) in [7, 11) is 0. The largest absolute Gasteiger partial charge is 0.433 e. The highest BCUT2D eigenvalue weighted by Gasteiger charge is 2.33. The average molecular weight is 402 g/mol. The molecule has 0 aliphatic carbocycles. The second-order valence-corrected chi connectivity index (χ2v) is 6.74. The van der Waals surface area contributed by atoms with E-state index in [1.54, 1.807) is 11.0 Å². The molecular formula is C19H17F3N6O. The zero-order valence-electron chi connectivity index (χ0n) is 15.2. The first kappa shape index (κ1) is 19.0. The lowest BCUT2D eigenvalue weighted by molar-refractivity contribution is -0.141. The first-order chi connectivity index (χ1) is 13.9. The Morgan fingerprint density at radius 3 is 2.52 bits per heavy atom. The quantitative estimate of drug-likeness (QED) is 0.725. The first-order valence-corrected chi connectivity index (χ1v) is 9.07. The maximum Gasteiger partial charge on any atom is 0.433 e. The van der Waals surface area contributed by atoms with Gasteiger partial charge in [-0.15, -0.1) is 0 Å². The average Bonchev–Trinajstić information content (AvgIpc) is 2.73. The van der Waals surface area contributed by atoms with E-state index < -0.39 is 11.9 Å². The minimum atomic E-state index is -4.51. The number of hydrogen-bond donors (Lipinski definition) is 1. The van der Waals surface area contributed by atoms with Crippen LogP contribution in [0.5, 0.6) is 0 Å². The van der Waals surface area contributed by atoms with Crippen LogP contribution < -0.4 is 10.2 Å². The van der Waals surface area contributed by atoms with E-state index in [4.69, 9.17) is 0 Å². The van der Waals surface area contributed by atoms with Crippen LogP contribution in [0.1, 0.15) is 29.0 Å². The molecule has 0 unspecified atom stereocenters. The molecule has 1 aromatic carbocycles. The van der Waals surface area contributed by atoms with Crippen LogP contribution in [0.25, 0.3) is 11.0 Å². The molecular weight excluding hydrogens is 385 g/mol. The number of hydrogen-bond acceptors (Lipinski definition) is 6. The summed E-state index contributed by atoms with van der Waals surface area (Å²) in [6.07, 6.45) is -0.988. The molecule has 0 radical (unpaired) electrons. The van der Waals surface area contributed by atoms with E-state index >= 15 is 0 Å². The van der Waals surface area contributed by atoms with E-state index in [1.807, 2.05) is 18.2 Å². The Hall–Kier alpha value is -3.30. The minimum absolute atomic E-state index is 0.101. The number of carbonyl (C=O) groups excluding carboxylic acids is 1. The minimum Gasteiger partial charge on any atom is -0.356 e. The highest BCUT2D eigenvalue weighted by molar-refractivity contribution is 5.93. The SMILES string of the molecule is O=C(NC1CCN(c2cc(C(F)(F)F)ncn2)CC1)c1cnc2ccccc2n1. The monoisotopic (exact) mass is 402 g/mol. The molecule has 1 amide bonds. The summed E-state index contributed by atoms with van der Waals surface area (Å²) in [5, 5.41) is 2.93. The Morgan fingerprint density at radius 1 is 1.07 bits per heavy atom. The third-order valence-electron chi connectivity index (χ3n) is 4.78. The Morgan fingerprint density at radius 2 is 1.79 bits per heavy atom. The van der Waals surface area contributed by atoms with Crippen molar-refractivity contribution in [2.75, 3.05) is 18.0 Å². The number of carbonyl (C=O) groups is 1. The smallest absolute Gasteiger partial charge is 0.356 e. The van der Waals surface area contributed by atoms with Crippen LogP contribution in [-0.2, 0) is 6.18 Å². The van der Waals surface area contributed by atoms with Gasteiger partial charge in [-0.25, -0.2) is 15.0 Å². The van der Waals surface area contributed by atoms with Gasteiger partial charge >= 0.3 is 6.18 Å². The number of nitrogens with one attached hydrogen (secondary N) is 1. The number of benzene rings is 1. The van der Waals surface area contributed by atoms with Gasteiger partial charge in [-0.3, -0.25) is 9.78 Å². The van der Waals surface area contributed by atoms with Crippen LogP contribution in [0.15, 0.2) is 42.9 Å². The third kappa shape index (κ3) is 4.25. The zero-order chi connectivity index (χ0) is 20.4. The summed E-state index contributed by atoms with van der Waals surface area (Å²) in [6.45, 7) is 0.950. The molecule has 7 nitrogen and oxygen atoms in total. The van der Waals surface area contributed by atoms with Gasteiger partial charge in [0.25, 0.3) is 5.91 Å². The Bertz CT molecular complexity index is 1030. The van der Waals surface area contributed by atoms with Gasteiger partial charge in [0.15, 0.2) is 0 Å². The molecule has 1 aliphatic rings. The molecule has 4 rings (SSSR count). The maximum absolute atomic E-state index is 12.8. The molecule has 150 valence electrons. The van der Waals surface area contributed by atoms with E-state index in [2.05, 4.69) is 25.3 Å². The summed E-state index contributed by atoms with van der Waals surface area (Å²) in [5.41, 5.74) is 0.615. The van der Waals surface area contributed by atoms with E-state index in [1.165, 1.54) is 6.20 Å². The van der Waals surface area contributed by atoms with Crippen molar-refractivity contribution in [1.82, 2.24) is 25.3 Å². The zero-order valence-corrected chi connectivity index (χ0v) is 15.2. The number of alkyl halides is 3. The van der Waals surface area contributed by atoms with Gasteiger partial charge in [0.1, 0.15) is 23.5 Å². The molecule has 0 spiro atoms. The van der Waals surface area contributed by atoms with Crippen molar-refractivity contribution in [3.8, 4) is 0 Å². The fourth-order valence-electron chi connectivity index (χ4n) is 3.25. The van der Waals surface area contributed by atoms with Crippen LogP contribution in [0.4, 0.5) is 19.0 Å². The summed E-state index contributed by atoms with van der Waals surface area (Å²) in [4.78, 5) is 30.0. The number of aromatic nitrogens is 4. The molecule has 29 heavy (non-hydrogen) atoms. The van der Waals surface area contributed by atoms with Crippen LogP contribution in [0.2, 0.25) is 0 Å². The Balaban J connectivity index is 1.37. The summed E-state index contributed by atoms with van der Waals surface area (Å²) in [6, 6.07) is 8.12. The number of piperidine rings is 1. The normalized spacial score (nSPS) is 15.5. The molecule has 3 heterocycles. The number of anilines is 1. The van der Waals surface area contributed by atoms with Gasteiger partial charge in [-0.05, 0) is 25.0 Å². The lowest BCUT2D eigenvalue weighted by atomic mass is 10.0. The van der Waals surface area contributed by atoms with Gasteiger partial charge in [0, 0.05) is 25.2 Å². The Labute approximate surface area is 164 Å². The van der Waals surface area contributed by atoms with Gasteiger partial charge in [-0.1, -0.05) is 12.1 Å². The summed E-state index contributed by atoms with van der Waals surface area (Å²) < 4.78 is 38.5. The van der Waals surface area contributed by atoms with Crippen molar-refractivity contribution in [2.45, 2.75) is 25.1 Å². The summed E-state index contributed by atoms with van der Waals surface area (Å²) in [5.74, 6) is -0.0828. The first-order valence-electron chi connectivity index (χ1n) is 9.07.